The van der Waals surface area contributed by atoms with Gasteiger partial charge < -0.3 is 15.5 Å². The van der Waals surface area contributed by atoms with Crippen molar-refractivity contribution in [1.29, 1.82) is 0 Å². The van der Waals surface area contributed by atoms with Gasteiger partial charge in [0.25, 0.3) is 5.91 Å². The van der Waals surface area contributed by atoms with Crippen LogP contribution in [-0.4, -0.2) is 5.91 Å². The number of carbonyl (C=O) groups excluding carboxylic acids is 1. The van der Waals surface area contributed by atoms with Crippen LogP contribution in [0, 0.1) is 0 Å². The number of furan rings is 1. The Kier molecular flexibility index (Phi) is 3.26. The van der Waals surface area contributed by atoms with Gasteiger partial charge in [0.2, 0.25) is 0 Å². The lowest BCUT2D eigenvalue weighted by Gasteiger charge is -2.07. The molecular weight excluding hydrogens is 263 g/mol. The molecule has 0 saturated heterocycles. The summed E-state index contributed by atoms with van der Waals surface area (Å²) in [6, 6.07) is 7.89. The predicted molar refractivity (Wildman–Crippen MR) is 67.5 cm³/mol. The van der Waals surface area contributed by atoms with Gasteiger partial charge in [-0.2, -0.15) is 0 Å². The highest BCUT2D eigenvalue weighted by Gasteiger charge is 2.14. The number of para-hydroxylation sites is 1. The second kappa shape index (κ2) is 4.69. The smallest absolute Gasteiger partial charge is 0.291 e. The van der Waals surface area contributed by atoms with E-state index >= 15 is 0 Å². The molecule has 0 unspecified atom stereocenters. The number of amides is 1. The number of benzene rings is 1. The van der Waals surface area contributed by atoms with E-state index in [0.29, 0.717) is 15.7 Å². The standard InChI is InChI=1S/C11H8Cl2N2O2/c12-6-2-1-3-7(13)10(6)15-11(16)8-4-5-9(14)17-8/h1-5H,14H2,(H,15,16). The van der Waals surface area contributed by atoms with Gasteiger partial charge in [0.05, 0.1) is 15.7 Å². The molecule has 2 rings (SSSR count). The molecule has 0 aliphatic heterocycles. The number of rotatable bonds is 2. The zero-order valence-corrected chi connectivity index (χ0v) is 10.0. The van der Waals surface area contributed by atoms with E-state index in [9.17, 15) is 4.79 Å². The van der Waals surface area contributed by atoms with Crippen molar-refractivity contribution < 1.29 is 9.21 Å². The highest BCUT2D eigenvalue weighted by Crippen LogP contribution is 2.30. The quantitative estimate of drug-likeness (QED) is 0.879. The van der Waals surface area contributed by atoms with Gasteiger partial charge in [0.1, 0.15) is 0 Å². The number of hydrogen-bond acceptors (Lipinski definition) is 3. The van der Waals surface area contributed by atoms with E-state index in [4.69, 9.17) is 33.4 Å². The molecule has 0 atom stereocenters. The van der Waals surface area contributed by atoms with E-state index < -0.39 is 5.91 Å². The van der Waals surface area contributed by atoms with Crippen molar-refractivity contribution in [3.63, 3.8) is 0 Å². The van der Waals surface area contributed by atoms with E-state index in [0.717, 1.165) is 0 Å². The van der Waals surface area contributed by atoms with Crippen LogP contribution in [-0.2, 0) is 0 Å². The van der Waals surface area contributed by atoms with Gasteiger partial charge in [-0.15, -0.1) is 0 Å². The molecule has 1 aromatic carbocycles. The Bertz CT molecular complexity index is 546. The minimum atomic E-state index is -0.461. The topological polar surface area (TPSA) is 68.3 Å². The second-order valence-corrected chi connectivity index (χ2v) is 4.07. The summed E-state index contributed by atoms with van der Waals surface area (Å²) in [6.07, 6.45) is 0. The zero-order chi connectivity index (χ0) is 12.4. The van der Waals surface area contributed by atoms with Crippen LogP contribution in [0.5, 0.6) is 0 Å². The first-order chi connectivity index (χ1) is 8.08. The number of hydrogen-bond donors (Lipinski definition) is 2. The highest BCUT2D eigenvalue weighted by atomic mass is 35.5. The van der Waals surface area contributed by atoms with Crippen LogP contribution in [0.3, 0.4) is 0 Å². The molecule has 1 aromatic heterocycles. The Labute approximate surface area is 107 Å². The molecule has 17 heavy (non-hydrogen) atoms. The lowest BCUT2D eigenvalue weighted by atomic mass is 10.3. The van der Waals surface area contributed by atoms with Crippen molar-refractivity contribution in [2.75, 3.05) is 11.1 Å². The number of anilines is 2. The summed E-state index contributed by atoms with van der Waals surface area (Å²) in [5.74, 6) is -0.199. The van der Waals surface area contributed by atoms with E-state index in [1.54, 1.807) is 18.2 Å². The fourth-order valence-electron chi connectivity index (χ4n) is 1.27. The first kappa shape index (κ1) is 11.8. The van der Waals surface area contributed by atoms with E-state index in [-0.39, 0.29) is 11.6 Å². The van der Waals surface area contributed by atoms with Crippen LogP contribution in [0.2, 0.25) is 10.0 Å². The van der Waals surface area contributed by atoms with E-state index in [1.165, 1.54) is 12.1 Å². The van der Waals surface area contributed by atoms with Gasteiger partial charge in [-0.05, 0) is 18.2 Å². The third kappa shape index (κ3) is 2.54. The molecule has 0 saturated carbocycles. The lowest BCUT2D eigenvalue weighted by molar-refractivity contribution is 0.0997. The lowest BCUT2D eigenvalue weighted by Crippen LogP contribution is -2.11. The molecule has 0 fully saturated rings. The summed E-state index contributed by atoms with van der Waals surface area (Å²) in [5, 5.41) is 3.26. The third-order valence-corrected chi connectivity index (χ3v) is 2.68. The molecule has 0 aliphatic carbocycles. The van der Waals surface area contributed by atoms with Gasteiger partial charge in [-0.1, -0.05) is 29.3 Å². The maximum Gasteiger partial charge on any atom is 0.291 e. The van der Waals surface area contributed by atoms with Crippen LogP contribution in [0.4, 0.5) is 11.6 Å². The molecule has 4 nitrogen and oxygen atoms in total. The van der Waals surface area contributed by atoms with Crippen LogP contribution in [0.15, 0.2) is 34.7 Å². The number of nitrogen functional groups attached to an aromatic ring is 1. The largest absolute Gasteiger partial charge is 0.436 e. The normalized spacial score (nSPS) is 10.2. The average molecular weight is 271 g/mol. The van der Waals surface area contributed by atoms with Gasteiger partial charge >= 0.3 is 0 Å². The van der Waals surface area contributed by atoms with Crippen molar-refractivity contribution in [2.45, 2.75) is 0 Å². The SMILES string of the molecule is Nc1ccc(C(=O)Nc2c(Cl)cccc2Cl)o1. The van der Waals surface area contributed by atoms with Crippen molar-refractivity contribution in [1.82, 2.24) is 0 Å². The summed E-state index contributed by atoms with van der Waals surface area (Å²) in [4.78, 5) is 11.8. The number of carbonyl (C=O) groups is 1. The number of halogens is 2. The first-order valence-corrected chi connectivity index (χ1v) is 5.44. The summed E-state index contributed by atoms with van der Waals surface area (Å²) in [6.45, 7) is 0. The Morgan fingerprint density at radius 2 is 1.82 bits per heavy atom. The molecular formula is C11H8Cl2N2O2. The fourth-order valence-corrected chi connectivity index (χ4v) is 1.76. The minimum absolute atomic E-state index is 0.0958. The molecule has 3 N–H and O–H groups in total. The number of nitrogens with one attached hydrogen (secondary N) is 1. The Morgan fingerprint density at radius 3 is 2.35 bits per heavy atom. The van der Waals surface area contributed by atoms with Crippen molar-refractivity contribution in [2.24, 2.45) is 0 Å². The Hall–Kier alpha value is -1.65. The maximum atomic E-state index is 11.8. The van der Waals surface area contributed by atoms with Gasteiger partial charge in [0, 0.05) is 6.07 Å². The number of nitrogens with two attached hydrogens (primary N) is 1. The Balaban J connectivity index is 2.24. The monoisotopic (exact) mass is 270 g/mol. The molecule has 2 aromatic rings. The highest BCUT2D eigenvalue weighted by molar-refractivity contribution is 6.39. The Morgan fingerprint density at radius 1 is 1.18 bits per heavy atom. The minimum Gasteiger partial charge on any atom is -0.436 e. The molecule has 88 valence electrons. The second-order valence-electron chi connectivity index (χ2n) is 3.25. The van der Waals surface area contributed by atoms with Crippen LogP contribution in [0.1, 0.15) is 10.6 Å². The molecule has 0 spiro atoms. The van der Waals surface area contributed by atoms with Crippen molar-refractivity contribution in [3.8, 4) is 0 Å². The predicted octanol–water partition coefficient (Wildman–Crippen LogP) is 3.42. The summed E-state index contributed by atoms with van der Waals surface area (Å²) in [7, 11) is 0. The summed E-state index contributed by atoms with van der Waals surface area (Å²) >= 11 is 11.8. The molecule has 0 bridgehead atoms. The third-order valence-electron chi connectivity index (χ3n) is 2.05. The molecule has 0 aliphatic rings. The van der Waals surface area contributed by atoms with Gasteiger partial charge in [-0.3, -0.25) is 4.79 Å². The van der Waals surface area contributed by atoms with Gasteiger partial charge in [-0.25, -0.2) is 0 Å². The zero-order valence-electron chi connectivity index (χ0n) is 8.54. The van der Waals surface area contributed by atoms with E-state index in [1.807, 2.05) is 0 Å². The molecule has 1 heterocycles. The molecule has 1 amide bonds. The van der Waals surface area contributed by atoms with Crippen molar-refractivity contribution in [3.05, 3.63) is 46.1 Å². The maximum absolute atomic E-state index is 11.8. The average Bonchev–Trinajstić information content (AvgIpc) is 2.70. The summed E-state index contributed by atoms with van der Waals surface area (Å²) < 4.78 is 4.98. The van der Waals surface area contributed by atoms with E-state index in [2.05, 4.69) is 5.32 Å². The summed E-state index contributed by atoms with van der Waals surface area (Å²) in [5.41, 5.74) is 5.71. The van der Waals surface area contributed by atoms with Crippen LogP contribution < -0.4 is 11.1 Å². The van der Waals surface area contributed by atoms with Crippen molar-refractivity contribution >= 4 is 40.7 Å². The van der Waals surface area contributed by atoms with Gasteiger partial charge in [0.15, 0.2) is 11.6 Å². The fraction of sp³-hybridized carbons (Fsp3) is 0. The molecule has 0 radical (unpaired) electrons. The van der Waals surface area contributed by atoms with Crippen LogP contribution >= 0.6 is 23.2 Å². The van der Waals surface area contributed by atoms with Crippen LogP contribution in [0.25, 0.3) is 0 Å². The first-order valence-electron chi connectivity index (χ1n) is 4.68. The molecule has 6 heteroatoms.